The van der Waals surface area contributed by atoms with Gasteiger partial charge < -0.3 is 15.5 Å². The van der Waals surface area contributed by atoms with Crippen molar-refractivity contribution in [2.45, 2.75) is 31.5 Å². The van der Waals surface area contributed by atoms with E-state index >= 15 is 0 Å². The minimum Gasteiger partial charge on any atom is -0.367 e. The summed E-state index contributed by atoms with van der Waals surface area (Å²) in [6.07, 6.45) is -0.873. The molecule has 1 aromatic rings. The van der Waals surface area contributed by atoms with Crippen LogP contribution >= 0.6 is 0 Å². The van der Waals surface area contributed by atoms with Crippen LogP contribution < -0.4 is 15.5 Å². The van der Waals surface area contributed by atoms with Crippen molar-refractivity contribution >= 4 is 17.4 Å². The Labute approximate surface area is 126 Å². The highest BCUT2D eigenvalue weighted by Gasteiger charge is 2.38. The zero-order valence-corrected chi connectivity index (χ0v) is 12.0. The normalized spacial score (nSPS) is 23.7. The first kappa shape index (κ1) is 15.0. The van der Waals surface area contributed by atoms with Gasteiger partial charge in [0.1, 0.15) is 6.54 Å². The van der Waals surface area contributed by atoms with E-state index in [0.717, 1.165) is 25.1 Å². The van der Waals surface area contributed by atoms with Gasteiger partial charge in [0.15, 0.2) is 0 Å². The van der Waals surface area contributed by atoms with E-state index in [1.165, 1.54) is 6.42 Å². The molecule has 1 aromatic carbocycles. The fraction of sp³-hybridized carbons (Fsp3) is 0.533. The lowest BCUT2D eigenvalue weighted by Crippen LogP contribution is -2.37. The quantitative estimate of drug-likeness (QED) is 0.899. The van der Waals surface area contributed by atoms with Gasteiger partial charge in [-0.15, -0.1) is 0 Å². The highest BCUT2D eigenvalue weighted by Crippen LogP contribution is 2.42. The lowest BCUT2D eigenvalue weighted by atomic mass is 10.1. The van der Waals surface area contributed by atoms with E-state index < -0.39 is 18.8 Å². The topological polar surface area (TPSA) is 44.4 Å². The number of hydrogen-bond acceptors (Lipinski definition) is 2. The van der Waals surface area contributed by atoms with Crippen LogP contribution in [0.15, 0.2) is 24.3 Å². The number of carbonyl (C=O) groups is 1. The van der Waals surface area contributed by atoms with E-state index in [9.17, 15) is 18.0 Å². The molecular weight excluding hydrogens is 295 g/mol. The van der Waals surface area contributed by atoms with Crippen molar-refractivity contribution in [3.63, 3.8) is 0 Å². The molecule has 2 fully saturated rings. The molecule has 7 heteroatoms. The fourth-order valence-electron chi connectivity index (χ4n) is 3.40. The van der Waals surface area contributed by atoms with Crippen LogP contribution in [-0.2, 0) is 0 Å². The number of piperidine rings is 1. The standard InChI is InChI=1S/C15H18F3N3O/c16-15(17,18)9-19-14(22)20-12-3-1-2-4-13(12)21-8-10-5-6-11(21)7-10/h1-4,10-11H,5-9H2,(H2,19,20,22)/t10-,11-/m0/s1. The number of rotatable bonds is 3. The maximum absolute atomic E-state index is 12.1. The second kappa shape index (κ2) is 5.70. The molecule has 0 spiro atoms. The molecule has 22 heavy (non-hydrogen) atoms. The Morgan fingerprint density at radius 3 is 2.68 bits per heavy atom. The Balaban J connectivity index is 1.68. The SMILES string of the molecule is O=C(NCC(F)(F)F)Nc1ccccc1N1C[C@H]2CC[C@H]1C2. The van der Waals surface area contributed by atoms with Crippen LogP contribution in [0.4, 0.5) is 29.3 Å². The third kappa shape index (κ3) is 3.28. The first-order valence-corrected chi connectivity index (χ1v) is 7.39. The number of alkyl halides is 3. The molecule has 120 valence electrons. The number of carbonyl (C=O) groups excluding carboxylic acids is 1. The molecule has 1 heterocycles. The predicted molar refractivity (Wildman–Crippen MR) is 78.0 cm³/mol. The summed E-state index contributed by atoms with van der Waals surface area (Å²) in [6, 6.07) is 6.90. The van der Waals surface area contributed by atoms with Crippen molar-refractivity contribution in [1.82, 2.24) is 5.32 Å². The van der Waals surface area contributed by atoms with E-state index in [0.29, 0.717) is 17.6 Å². The Morgan fingerprint density at radius 2 is 2.05 bits per heavy atom. The number of para-hydroxylation sites is 2. The van der Waals surface area contributed by atoms with E-state index in [2.05, 4.69) is 10.2 Å². The zero-order valence-electron chi connectivity index (χ0n) is 12.0. The largest absolute Gasteiger partial charge is 0.405 e. The fourth-order valence-corrected chi connectivity index (χ4v) is 3.40. The number of urea groups is 1. The molecule has 2 atom stereocenters. The van der Waals surface area contributed by atoms with Crippen LogP contribution in [0.2, 0.25) is 0 Å². The number of halogens is 3. The average molecular weight is 313 g/mol. The van der Waals surface area contributed by atoms with E-state index in [-0.39, 0.29) is 0 Å². The molecule has 2 aliphatic rings. The number of benzene rings is 1. The highest BCUT2D eigenvalue weighted by atomic mass is 19.4. The number of fused-ring (bicyclic) bond motifs is 2. The van der Waals surface area contributed by atoms with Gasteiger partial charge in [0.05, 0.1) is 11.4 Å². The van der Waals surface area contributed by atoms with E-state index in [4.69, 9.17) is 0 Å². The molecule has 1 aliphatic carbocycles. The smallest absolute Gasteiger partial charge is 0.367 e. The van der Waals surface area contributed by atoms with Crippen molar-refractivity contribution in [2.24, 2.45) is 5.92 Å². The summed E-state index contributed by atoms with van der Waals surface area (Å²) in [6.45, 7) is -0.386. The van der Waals surface area contributed by atoms with Crippen molar-refractivity contribution in [3.05, 3.63) is 24.3 Å². The molecule has 0 radical (unpaired) electrons. The van der Waals surface area contributed by atoms with Gasteiger partial charge in [-0.05, 0) is 37.3 Å². The van der Waals surface area contributed by atoms with Crippen molar-refractivity contribution in [2.75, 3.05) is 23.3 Å². The van der Waals surface area contributed by atoms with Gasteiger partial charge in [-0.1, -0.05) is 12.1 Å². The molecule has 4 nitrogen and oxygen atoms in total. The molecule has 1 saturated carbocycles. The lowest BCUT2D eigenvalue weighted by Gasteiger charge is -2.31. The molecule has 0 aromatic heterocycles. The Morgan fingerprint density at radius 1 is 1.27 bits per heavy atom. The number of nitrogens with zero attached hydrogens (tertiary/aromatic N) is 1. The summed E-state index contributed by atoms with van der Waals surface area (Å²) in [5.74, 6) is 0.692. The molecule has 2 bridgehead atoms. The van der Waals surface area contributed by atoms with Crippen LogP contribution in [0, 0.1) is 5.92 Å². The maximum Gasteiger partial charge on any atom is 0.405 e. The third-order valence-electron chi connectivity index (χ3n) is 4.32. The molecular formula is C15H18F3N3O. The number of amides is 2. The highest BCUT2D eigenvalue weighted by molar-refractivity contribution is 5.93. The third-order valence-corrected chi connectivity index (χ3v) is 4.32. The Kier molecular flexibility index (Phi) is 3.88. The Bertz CT molecular complexity index is 561. The Hall–Kier alpha value is -1.92. The summed E-state index contributed by atoms with van der Waals surface area (Å²) in [5.41, 5.74) is 1.44. The second-order valence-electron chi connectivity index (χ2n) is 5.93. The van der Waals surface area contributed by atoms with Gasteiger partial charge in [-0.25, -0.2) is 4.79 Å². The second-order valence-corrected chi connectivity index (χ2v) is 5.93. The predicted octanol–water partition coefficient (Wildman–Crippen LogP) is 3.36. The van der Waals surface area contributed by atoms with E-state index in [1.807, 2.05) is 17.4 Å². The molecule has 1 saturated heterocycles. The minimum atomic E-state index is -4.41. The van der Waals surface area contributed by atoms with Crippen molar-refractivity contribution < 1.29 is 18.0 Å². The number of nitrogens with one attached hydrogen (secondary N) is 2. The first-order valence-electron chi connectivity index (χ1n) is 7.39. The van der Waals surface area contributed by atoms with Crippen LogP contribution in [0.5, 0.6) is 0 Å². The van der Waals surface area contributed by atoms with E-state index in [1.54, 1.807) is 12.1 Å². The number of anilines is 2. The zero-order chi connectivity index (χ0) is 15.7. The summed E-state index contributed by atoms with van der Waals surface area (Å²) < 4.78 is 36.4. The number of hydrogen-bond donors (Lipinski definition) is 2. The van der Waals surface area contributed by atoms with Gasteiger partial charge in [0, 0.05) is 12.6 Å². The minimum absolute atomic E-state index is 0.478. The summed E-state index contributed by atoms with van der Waals surface area (Å²) in [5, 5.41) is 4.36. The van der Waals surface area contributed by atoms with Crippen LogP contribution in [0.1, 0.15) is 19.3 Å². The van der Waals surface area contributed by atoms with Gasteiger partial charge in [-0.2, -0.15) is 13.2 Å². The van der Waals surface area contributed by atoms with Crippen LogP contribution in [0.3, 0.4) is 0 Å². The van der Waals surface area contributed by atoms with Gasteiger partial charge in [0.25, 0.3) is 0 Å². The molecule has 1 aliphatic heterocycles. The van der Waals surface area contributed by atoms with Gasteiger partial charge in [-0.3, -0.25) is 0 Å². The maximum atomic E-state index is 12.1. The van der Waals surface area contributed by atoms with Crippen LogP contribution in [0.25, 0.3) is 0 Å². The summed E-state index contributed by atoms with van der Waals surface area (Å²) in [4.78, 5) is 13.9. The van der Waals surface area contributed by atoms with Gasteiger partial charge in [0.2, 0.25) is 0 Å². The molecule has 3 rings (SSSR count). The first-order chi connectivity index (χ1) is 10.4. The van der Waals surface area contributed by atoms with Crippen molar-refractivity contribution in [3.8, 4) is 0 Å². The molecule has 2 amide bonds. The average Bonchev–Trinajstić information content (AvgIpc) is 3.08. The van der Waals surface area contributed by atoms with Crippen LogP contribution in [-0.4, -0.2) is 31.3 Å². The summed E-state index contributed by atoms with van der Waals surface area (Å²) in [7, 11) is 0. The summed E-state index contributed by atoms with van der Waals surface area (Å²) >= 11 is 0. The molecule has 2 N–H and O–H groups in total. The monoisotopic (exact) mass is 313 g/mol. The molecule has 0 unspecified atom stereocenters. The van der Waals surface area contributed by atoms with Crippen molar-refractivity contribution in [1.29, 1.82) is 0 Å². The lowest BCUT2D eigenvalue weighted by molar-refractivity contribution is -0.122. The van der Waals surface area contributed by atoms with Gasteiger partial charge >= 0.3 is 12.2 Å².